The summed E-state index contributed by atoms with van der Waals surface area (Å²) < 4.78 is 0. The molecule has 0 aliphatic carbocycles. The van der Waals surface area contributed by atoms with Crippen molar-refractivity contribution in [2.45, 2.75) is 19.4 Å². The molecule has 0 aliphatic heterocycles. The number of para-hydroxylation sites is 2. The van der Waals surface area contributed by atoms with Gasteiger partial charge in [0.2, 0.25) is 0 Å². The smallest absolute Gasteiger partial charge is 0.292 e. The summed E-state index contributed by atoms with van der Waals surface area (Å²) in [5, 5.41) is 23.3. The van der Waals surface area contributed by atoms with Gasteiger partial charge in [0.15, 0.2) is 0 Å². The van der Waals surface area contributed by atoms with Gasteiger partial charge in [-0.2, -0.15) is 0 Å². The van der Waals surface area contributed by atoms with Crippen molar-refractivity contribution < 1.29 is 10.0 Å². The molecule has 104 valence electrons. The van der Waals surface area contributed by atoms with E-state index in [0.29, 0.717) is 12.1 Å². The summed E-state index contributed by atoms with van der Waals surface area (Å²) in [5.74, 6) is 0.230. The Labute approximate surface area is 117 Å². The van der Waals surface area contributed by atoms with Crippen molar-refractivity contribution in [3.05, 3.63) is 64.2 Å². The Morgan fingerprint density at radius 2 is 1.85 bits per heavy atom. The van der Waals surface area contributed by atoms with Crippen LogP contribution < -0.4 is 5.32 Å². The predicted octanol–water partition coefficient (Wildman–Crippen LogP) is 3.34. The quantitative estimate of drug-likeness (QED) is 0.646. The highest BCUT2D eigenvalue weighted by atomic mass is 16.6. The molecule has 20 heavy (non-hydrogen) atoms. The van der Waals surface area contributed by atoms with E-state index in [4.69, 9.17) is 0 Å². The summed E-state index contributed by atoms with van der Waals surface area (Å²) in [5.41, 5.74) is 1.65. The van der Waals surface area contributed by atoms with Crippen LogP contribution in [0.5, 0.6) is 5.75 Å². The van der Waals surface area contributed by atoms with Gasteiger partial charge < -0.3 is 10.4 Å². The molecule has 0 aliphatic rings. The van der Waals surface area contributed by atoms with Crippen LogP contribution >= 0.6 is 0 Å². The van der Waals surface area contributed by atoms with E-state index in [1.54, 1.807) is 30.3 Å². The number of nitrogens with zero attached hydrogens (tertiary/aromatic N) is 1. The lowest BCUT2D eigenvalue weighted by atomic mass is 10.1. The van der Waals surface area contributed by atoms with Gasteiger partial charge in [0.25, 0.3) is 5.69 Å². The van der Waals surface area contributed by atoms with Gasteiger partial charge in [0.05, 0.1) is 4.92 Å². The Morgan fingerprint density at radius 3 is 2.50 bits per heavy atom. The zero-order chi connectivity index (χ0) is 14.5. The molecule has 0 saturated carbocycles. The van der Waals surface area contributed by atoms with Crippen molar-refractivity contribution in [2.24, 2.45) is 0 Å². The number of rotatable bonds is 5. The number of aromatic hydroxyl groups is 1. The standard InChI is InChI=1S/C15H16N2O3/c1-11(10-12-6-8-13(18)9-7-12)16-14-4-2-3-5-15(14)17(19)20/h2-9,11,16,18H,10H2,1H3. The molecule has 2 aromatic rings. The molecule has 1 unspecified atom stereocenters. The minimum atomic E-state index is -0.393. The molecule has 0 heterocycles. The number of phenolic OH excluding ortho intramolecular Hbond substituents is 1. The van der Waals surface area contributed by atoms with Crippen molar-refractivity contribution in [1.82, 2.24) is 0 Å². The molecule has 0 bridgehead atoms. The third kappa shape index (κ3) is 3.47. The lowest BCUT2D eigenvalue weighted by Gasteiger charge is -2.15. The molecular formula is C15H16N2O3. The zero-order valence-corrected chi connectivity index (χ0v) is 11.1. The Kier molecular flexibility index (Phi) is 4.20. The SMILES string of the molecule is CC(Cc1ccc(O)cc1)Nc1ccccc1[N+](=O)[O-]. The summed E-state index contributed by atoms with van der Waals surface area (Å²) in [4.78, 5) is 10.5. The van der Waals surface area contributed by atoms with Crippen molar-refractivity contribution >= 4 is 11.4 Å². The van der Waals surface area contributed by atoms with Crippen LogP contribution in [0.1, 0.15) is 12.5 Å². The average Bonchev–Trinajstić information content (AvgIpc) is 2.41. The summed E-state index contributed by atoms with van der Waals surface area (Å²) in [6.07, 6.45) is 0.715. The maximum Gasteiger partial charge on any atom is 0.292 e. The van der Waals surface area contributed by atoms with Gasteiger partial charge in [0.1, 0.15) is 11.4 Å². The van der Waals surface area contributed by atoms with E-state index in [9.17, 15) is 15.2 Å². The molecule has 0 aromatic heterocycles. The molecule has 5 heteroatoms. The average molecular weight is 272 g/mol. The molecule has 2 N–H and O–H groups in total. The highest BCUT2D eigenvalue weighted by Gasteiger charge is 2.14. The number of anilines is 1. The molecular weight excluding hydrogens is 256 g/mol. The fourth-order valence-corrected chi connectivity index (χ4v) is 2.06. The normalized spacial score (nSPS) is 11.8. The number of benzene rings is 2. The monoisotopic (exact) mass is 272 g/mol. The van der Waals surface area contributed by atoms with Crippen molar-refractivity contribution in [1.29, 1.82) is 0 Å². The highest BCUT2D eigenvalue weighted by Crippen LogP contribution is 2.24. The van der Waals surface area contributed by atoms with E-state index in [1.165, 1.54) is 6.07 Å². The van der Waals surface area contributed by atoms with Crippen LogP contribution in [0.15, 0.2) is 48.5 Å². The van der Waals surface area contributed by atoms with E-state index in [-0.39, 0.29) is 17.5 Å². The first kappa shape index (κ1) is 13.9. The number of nitrogens with one attached hydrogen (secondary N) is 1. The Morgan fingerprint density at radius 1 is 1.20 bits per heavy atom. The fraction of sp³-hybridized carbons (Fsp3) is 0.200. The number of phenols is 1. The van der Waals surface area contributed by atoms with Gasteiger partial charge in [-0.15, -0.1) is 0 Å². The van der Waals surface area contributed by atoms with Crippen LogP contribution in [-0.2, 0) is 6.42 Å². The minimum Gasteiger partial charge on any atom is -0.508 e. The summed E-state index contributed by atoms with van der Waals surface area (Å²) in [7, 11) is 0. The van der Waals surface area contributed by atoms with E-state index in [1.807, 2.05) is 19.1 Å². The number of nitro groups is 1. The molecule has 0 fully saturated rings. The Bertz CT molecular complexity index is 596. The lowest BCUT2D eigenvalue weighted by molar-refractivity contribution is -0.384. The first-order chi connectivity index (χ1) is 9.56. The van der Waals surface area contributed by atoms with Crippen LogP contribution in [0.2, 0.25) is 0 Å². The first-order valence-electron chi connectivity index (χ1n) is 6.34. The summed E-state index contributed by atoms with van der Waals surface area (Å²) in [6, 6.07) is 13.6. The fourth-order valence-electron chi connectivity index (χ4n) is 2.06. The molecule has 5 nitrogen and oxygen atoms in total. The maximum atomic E-state index is 10.9. The van der Waals surface area contributed by atoms with E-state index >= 15 is 0 Å². The van der Waals surface area contributed by atoms with E-state index in [0.717, 1.165) is 5.56 Å². The molecule has 0 radical (unpaired) electrons. The maximum absolute atomic E-state index is 10.9. The Hall–Kier alpha value is -2.56. The minimum absolute atomic E-state index is 0.0423. The van der Waals surface area contributed by atoms with Gasteiger partial charge in [-0.1, -0.05) is 24.3 Å². The van der Waals surface area contributed by atoms with Gasteiger partial charge in [-0.3, -0.25) is 10.1 Å². The number of nitro benzene ring substituents is 1. The van der Waals surface area contributed by atoms with Gasteiger partial charge >= 0.3 is 0 Å². The van der Waals surface area contributed by atoms with E-state index < -0.39 is 4.92 Å². The molecule has 0 amide bonds. The highest BCUT2D eigenvalue weighted by molar-refractivity contribution is 5.61. The second-order valence-corrected chi connectivity index (χ2v) is 4.69. The van der Waals surface area contributed by atoms with Crippen LogP contribution in [0.25, 0.3) is 0 Å². The molecule has 2 rings (SSSR count). The molecule has 2 aromatic carbocycles. The van der Waals surface area contributed by atoms with Crippen molar-refractivity contribution in [3.63, 3.8) is 0 Å². The largest absolute Gasteiger partial charge is 0.508 e. The third-order valence-corrected chi connectivity index (χ3v) is 2.98. The van der Waals surface area contributed by atoms with Gasteiger partial charge in [0, 0.05) is 12.1 Å². The topological polar surface area (TPSA) is 75.4 Å². The van der Waals surface area contributed by atoms with Gasteiger partial charge in [-0.05, 0) is 37.1 Å². The zero-order valence-electron chi connectivity index (χ0n) is 11.1. The number of hydrogen-bond acceptors (Lipinski definition) is 4. The second-order valence-electron chi connectivity index (χ2n) is 4.69. The molecule has 0 spiro atoms. The van der Waals surface area contributed by atoms with E-state index in [2.05, 4.69) is 5.32 Å². The van der Waals surface area contributed by atoms with Crippen LogP contribution in [0.3, 0.4) is 0 Å². The first-order valence-corrected chi connectivity index (χ1v) is 6.34. The summed E-state index contributed by atoms with van der Waals surface area (Å²) in [6.45, 7) is 1.96. The third-order valence-electron chi connectivity index (χ3n) is 2.98. The van der Waals surface area contributed by atoms with Crippen LogP contribution in [-0.4, -0.2) is 16.1 Å². The van der Waals surface area contributed by atoms with Crippen LogP contribution in [0.4, 0.5) is 11.4 Å². The summed E-state index contributed by atoms with van der Waals surface area (Å²) >= 11 is 0. The Balaban J connectivity index is 2.06. The second kappa shape index (κ2) is 6.06. The van der Waals surface area contributed by atoms with Crippen LogP contribution in [0, 0.1) is 10.1 Å². The van der Waals surface area contributed by atoms with Crippen molar-refractivity contribution in [3.8, 4) is 5.75 Å². The molecule has 1 atom stereocenters. The van der Waals surface area contributed by atoms with Gasteiger partial charge in [-0.25, -0.2) is 0 Å². The van der Waals surface area contributed by atoms with Crippen molar-refractivity contribution in [2.75, 3.05) is 5.32 Å². The lowest BCUT2D eigenvalue weighted by Crippen LogP contribution is -2.18. The number of hydrogen-bond donors (Lipinski definition) is 2. The predicted molar refractivity (Wildman–Crippen MR) is 78.0 cm³/mol. The molecule has 0 saturated heterocycles.